The maximum absolute atomic E-state index is 13.2. The van der Waals surface area contributed by atoms with Gasteiger partial charge in [-0.3, -0.25) is 0 Å². The molecule has 0 atom stereocenters. The Morgan fingerprint density at radius 2 is 2.00 bits per heavy atom. The van der Waals surface area contributed by atoms with Crippen molar-refractivity contribution in [1.82, 2.24) is 0 Å². The third-order valence-electron chi connectivity index (χ3n) is 2.90. The summed E-state index contributed by atoms with van der Waals surface area (Å²) in [6.07, 6.45) is 3.59. The highest BCUT2D eigenvalue weighted by Crippen LogP contribution is 2.37. The predicted octanol–water partition coefficient (Wildman–Crippen LogP) is 3.15. The van der Waals surface area contributed by atoms with Crippen LogP contribution in [0.3, 0.4) is 0 Å². The molecule has 1 aromatic rings. The highest BCUT2D eigenvalue weighted by atomic mass is 79.9. The summed E-state index contributed by atoms with van der Waals surface area (Å²) in [4.78, 5) is 0. The highest BCUT2D eigenvalue weighted by Gasteiger charge is 2.37. The summed E-state index contributed by atoms with van der Waals surface area (Å²) in [5, 5.41) is 0. The number of nitrogens with two attached hydrogens (primary N) is 1. The molecule has 0 bridgehead atoms. The molecular formula is C11H12BrF2N. The van der Waals surface area contributed by atoms with Gasteiger partial charge in [0.25, 0.3) is 0 Å². The molecule has 1 fully saturated rings. The molecule has 0 spiro atoms. The maximum Gasteiger partial charge on any atom is 0.173 e. The third kappa shape index (κ3) is 2.37. The van der Waals surface area contributed by atoms with Crippen LogP contribution in [0.25, 0.3) is 0 Å². The van der Waals surface area contributed by atoms with Crippen molar-refractivity contribution in [1.29, 1.82) is 0 Å². The van der Waals surface area contributed by atoms with E-state index in [-0.39, 0.29) is 10.0 Å². The Bertz CT molecular complexity index is 388. The van der Waals surface area contributed by atoms with Crippen molar-refractivity contribution in [2.75, 3.05) is 0 Å². The van der Waals surface area contributed by atoms with Crippen molar-refractivity contribution in [3.05, 3.63) is 33.8 Å². The first-order chi connectivity index (χ1) is 7.02. The summed E-state index contributed by atoms with van der Waals surface area (Å²) >= 11 is 3.06. The van der Waals surface area contributed by atoms with Gasteiger partial charge in [0, 0.05) is 5.54 Å². The fourth-order valence-electron chi connectivity index (χ4n) is 1.55. The van der Waals surface area contributed by atoms with Crippen LogP contribution in [0, 0.1) is 11.6 Å². The van der Waals surface area contributed by atoms with Crippen molar-refractivity contribution in [2.45, 2.75) is 31.2 Å². The molecule has 0 saturated heterocycles. The van der Waals surface area contributed by atoms with Crippen LogP contribution in [0.2, 0.25) is 0 Å². The average Bonchev–Trinajstić information content (AvgIpc) is 2.93. The van der Waals surface area contributed by atoms with Gasteiger partial charge in [-0.25, -0.2) is 8.78 Å². The molecule has 0 heterocycles. The number of aryl methyl sites for hydroxylation is 1. The lowest BCUT2D eigenvalue weighted by molar-refractivity contribution is 0.500. The Hall–Kier alpha value is -0.480. The SMILES string of the molecule is NC1(CCc2ccc(F)c(F)c2Br)CC1. The van der Waals surface area contributed by atoms with Crippen molar-refractivity contribution in [3.8, 4) is 0 Å². The van der Waals surface area contributed by atoms with E-state index < -0.39 is 11.6 Å². The molecule has 2 N–H and O–H groups in total. The van der Waals surface area contributed by atoms with Gasteiger partial charge in [-0.05, 0) is 53.2 Å². The van der Waals surface area contributed by atoms with E-state index in [2.05, 4.69) is 15.9 Å². The molecule has 82 valence electrons. The van der Waals surface area contributed by atoms with Crippen LogP contribution in [0.1, 0.15) is 24.8 Å². The van der Waals surface area contributed by atoms with Gasteiger partial charge >= 0.3 is 0 Å². The topological polar surface area (TPSA) is 26.0 Å². The second-order valence-electron chi connectivity index (χ2n) is 4.20. The molecule has 2 rings (SSSR count). The van der Waals surface area contributed by atoms with Gasteiger partial charge in [0.15, 0.2) is 11.6 Å². The van der Waals surface area contributed by atoms with E-state index in [0.717, 1.165) is 30.9 Å². The van der Waals surface area contributed by atoms with Crippen LogP contribution in [0.4, 0.5) is 8.78 Å². The summed E-state index contributed by atoms with van der Waals surface area (Å²) in [6, 6.07) is 2.76. The monoisotopic (exact) mass is 275 g/mol. The first kappa shape index (κ1) is 11.0. The second kappa shape index (κ2) is 3.83. The van der Waals surface area contributed by atoms with Crippen LogP contribution >= 0.6 is 15.9 Å². The zero-order valence-corrected chi connectivity index (χ0v) is 9.78. The lowest BCUT2D eigenvalue weighted by Gasteiger charge is -2.10. The minimum Gasteiger partial charge on any atom is -0.325 e. The van der Waals surface area contributed by atoms with E-state index in [4.69, 9.17) is 5.73 Å². The minimum absolute atomic E-state index is 0.0513. The van der Waals surface area contributed by atoms with Crippen molar-refractivity contribution in [3.63, 3.8) is 0 Å². The molecule has 1 aromatic carbocycles. The Kier molecular flexibility index (Phi) is 2.81. The first-order valence-corrected chi connectivity index (χ1v) is 5.72. The summed E-state index contributed by atoms with van der Waals surface area (Å²) < 4.78 is 26.2. The smallest absolute Gasteiger partial charge is 0.173 e. The van der Waals surface area contributed by atoms with Crippen LogP contribution in [0.5, 0.6) is 0 Å². The van der Waals surface area contributed by atoms with Crippen LogP contribution < -0.4 is 5.73 Å². The quantitative estimate of drug-likeness (QED) is 0.843. The fraction of sp³-hybridized carbons (Fsp3) is 0.455. The maximum atomic E-state index is 13.2. The molecule has 0 radical (unpaired) electrons. The third-order valence-corrected chi connectivity index (χ3v) is 3.76. The van der Waals surface area contributed by atoms with Gasteiger partial charge in [0.1, 0.15) is 0 Å². The molecule has 1 aliphatic rings. The van der Waals surface area contributed by atoms with Crippen LogP contribution in [-0.4, -0.2) is 5.54 Å². The first-order valence-electron chi connectivity index (χ1n) is 4.93. The average molecular weight is 276 g/mol. The second-order valence-corrected chi connectivity index (χ2v) is 4.99. The van der Waals surface area contributed by atoms with Gasteiger partial charge in [-0.2, -0.15) is 0 Å². The highest BCUT2D eigenvalue weighted by molar-refractivity contribution is 9.10. The summed E-state index contributed by atoms with van der Waals surface area (Å²) in [5.41, 5.74) is 6.66. The summed E-state index contributed by atoms with van der Waals surface area (Å²) in [6.45, 7) is 0. The van der Waals surface area contributed by atoms with Crippen LogP contribution in [-0.2, 0) is 6.42 Å². The van der Waals surface area contributed by atoms with Crippen molar-refractivity contribution in [2.24, 2.45) is 5.73 Å². The number of hydrogen-bond acceptors (Lipinski definition) is 1. The van der Waals surface area contributed by atoms with Gasteiger partial charge in [-0.1, -0.05) is 6.07 Å². The Morgan fingerprint density at radius 1 is 1.33 bits per heavy atom. The van der Waals surface area contributed by atoms with Gasteiger partial charge in [0.2, 0.25) is 0 Å². The van der Waals surface area contributed by atoms with Gasteiger partial charge in [-0.15, -0.1) is 0 Å². The number of hydrogen-bond donors (Lipinski definition) is 1. The molecular weight excluding hydrogens is 264 g/mol. The van der Waals surface area contributed by atoms with Crippen LogP contribution in [0.15, 0.2) is 16.6 Å². The van der Waals surface area contributed by atoms with E-state index in [1.165, 1.54) is 0 Å². The lowest BCUT2D eigenvalue weighted by atomic mass is 10.0. The van der Waals surface area contributed by atoms with E-state index in [1.807, 2.05) is 0 Å². The molecule has 1 nitrogen and oxygen atoms in total. The van der Waals surface area contributed by atoms with E-state index >= 15 is 0 Å². The molecule has 4 heteroatoms. The van der Waals surface area contributed by atoms with Crippen molar-refractivity contribution >= 4 is 15.9 Å². The molecule has 0 unspecified atom stereocenters. The van der Waals surface area contributed by atoms with Gasteiger partial charge < -0.3 is 5.73 Å². The standard InChI is InChI=1S/C11H12BrF2N/c12-9-7(1-2-8(13)10(9)14)3-4-11(15)5-6-11/h1-2H,3-6,15H2. The number of rotatable bonds is 3. The minimum atomic E-state index is -0.820. The van der Waals surface area contributed by atoms with E-state index in [0.29, 0.717) is 6.42 Å². The number of benzene rings is 1. The zero-order chi connectivity index (χ0) is 11.1. The zero-order valence-electron chi connectivity index (χ0n) is 8.19. The van der Waals surface area contributed by atoms with Crippen molar-refractivity contribution < 1.29 is 8.78 Å². The lowest BCUT2D eigenvalue weighted by Crippen LogP contribution is -2.22. The molecule has 1 saturated carbocycles. The van der Waals surface area contributed by atoms with Gasteiger partial charge in [0.05, 0.1) is 4.47 Å². The molecule has 15 heavy (non-hydrogen) atoms. The summed E-state index contributed by atoms with van der Waals surface area (Å²) in [5.74, 6) is -1.63. The Balaban J connectivity index is 2.11. The molecule has 1 aliphatic carbocycles. The largest absolute Gasteiger partial charge is 0.325 e. The normalized spacial score (nSPS) is 17.9. The fourth-order valence-corrected chi connectivity index (χ4v) is 2.07. The molecule has 0 amide bonds. The van der Waals surface area contributed by atoms with E-state index in [9.17, 15) is 8.78 Å². The molecule has 0 aliphatic heterocycles. The molecule has 0 aromatic heterocycles. The Morgan fingerprint density at radius 3 is 2.60 bits per heavy atom. The number of halogens is 3. The van der Waals surface area contributed by atoms with E-state index in [1.54, 1.807) is 6.07 Å². The summed E-state index contributed by atoms with van der Waals surface area (Å²) in [7, 11) is 0. The Labute approximate surface area is 95.8 Å². The predicted molar refractivity (Wildman–Crippen MR) is 58.5 cm³/mol.